The highest BCUT2D eigenvalue weighted by molar-refractivity contribution is 5.93. The summed E-state index contributed by atoms with van der Waals surface area (Å²) >= 11 is 0. The average molecular weight is 246 g/mol. The van der Waals surface area contributed by atoms with Gasteiger partial charge in [0.2, 0.25) is 0 Å². The first kappa shape index (κ1) is 13.5. The Morgan fingerprint density at radius 3 is 2.41 bits per heavy atom. The summed E-state index contributed by atoms with van der Waals surface area (Å²) in [5.74, 6) is -1.97. The average Bonchev–Trinajstić information content (AvgIpc) is 2.28. The van der Waals surface area contributed by atoms with Gasteiger partial charge in [-0.2, -0.15) is 13.2 Å². The van der Waals surface area contributed by atoms with E-state index in [0.29, 0.717) is 5.56 Å². The van der Waals surface area contributed by atoms with Crippen molar-refractivity contribution in [3.05, 3.63) is 35.9 Å². The van der Waals surface area contributed by atoms with E-state index in [1.165, 1.54) is 0 Å². The minimum absolute atomic E-state index is 0.359. The number of rotatable bonds is 4. The molecule has 0 saturated heterocycles. The lowest BCUT2D eigenvalue weighted by Crippen LogP contribution is -2.42. The van der Waals surface area contributed by atoms with E-state index >= 15 is 0 Å². The predicted molar refractivity (Wildman–Crippen MR) is 57.1 cm³/mol. The van der Waals surface area contributed by atoms with Crippen molar-refractivity contribution in [3.8, 4) is 0 Å². The van der Waals surface area contributed by atoms with Crippen molar-refractivity contribution >= 4 is 5.91 Å². The van der Waals surface area contributed by atoms with Gasteiger partial charge >= 0.3 is 6.18 Å². The molecule has 17 heavy (non-hydrogen) atoms. The molecular formula is C11H13F3N2O. The quantitative estimate of drug-likeness (QED) is 0.799. The Balaban J connectivity index is 2.35. The van der Waals surface area contributed by atoms with E-state index in [0.717, 1.165) is 6.92 Å². The Morgan fingerprint density at radius 2 is 1.88 bits per heavy atom. The molecular weight excluding hydrogens is 233 g/mol. The van der Waals surface area contributed by atoms with E-state index in [1.807, 2.05) is 0 Å². The molecule has 0 aliphatic carbocycles. The summed E-state index contributed by atoms with van der Waals surface area (Å²) in [5, 5.41) is 0. The van der Waals surface area contributed by atoms with Crippen LogP contribution in [0.25, 0.3) is 0 Å². The molecule has 94 valence electrons. The molecule has 0 aliphatic heterocycles. The molecule has 0 heterocycles. The maximum absolute atomic E-state index is 12.1. The number of hydrogen-bond acceptors (Lipinski definition) is 2. The summed E-state index contributed by atoms with van der Waals surface area (Å²) in [7, 11) is 0. The molecule has 0 fully saturated rings. The van der Waals surface area contributed by atoms with E-state index in [4.69, 9.17) is 0 Å². The SMILES string of the molecule is CC(CNNC(=O)c1ccccc1)C(F)(F)F. The molecule has 6 heteroatoms. The molecule has 0 radical (unpaired) electrons. The number of benzene rings is 1. The van der Waals surface area contributed by atoms with Gasteiger partial charge in [0.1, 0.15) is 0 Å². The fourth-order valence-electron chi connectivity index (χ4n) is 1.06. The van der Waals surface area contributed by atoms with Crippen molar-refractivity contribution in [2.75, 3.05) is 6.54 Å². The number of hydrazine groups is 1. The smallest absolute Gasteiger partial charge is 0.287 e. The third-order valence-corrected chi connectivity index (χ3v) is 2.20. The van der Waals surface area contributed by atoms with Crippen LogP contribution >= 0.6 is 0 Å². The topological polar surface area (TPSA) is 41.1 Å². The summed E-state index contributed by atoms with van der Waals surface area (Å²) in [6.07, 6.45) is -4.26. The Hall–Kier alpha value is -1.56. The molecule has 0 aliphatic rings. The van der Waals surface area contributed by atoms with E-state index in [9.17, 15) is 18.0 Å². The second kappa shape index (κ2) is 5.67. The van der Waals surface area contributed by atoms with Gasteiger partial charge in [-0.1, -0.05) is 25.1 Å². The van der Waals surface area contributed by atoms with Gasteiger partial charge in [0.25, 0.3) is 5.91 Å². The van der Waals surface area contributed by atoms with Gasteiger partial charge < -0.3 is 0 Å². The highest BCUT2D eigenvalue weighted by Gasteiger charge is 2.35. The van der Waals surface area contributed by atoms with E-state index in [2.05, 4.69) is 10.9 Å². The van der Waals surface area contributed by atoms with Gasteiger partial charge in [-0.25, -0.2) is 5.43 Å². The van der Waals surface area contributed by atoms with Crippen LogP contribution < -0.4 is 10.9 Å². The van der Waals surface area contributed by atoms with Gasteiger partial charge in [-0.15, -0.1) is 0 Å². The van der Waals surface area contributed by atoms with Crippen molar-refractivity contribution in [2.24, 2.45) is 5.92 Å². The third kappa shape index (κ3) is 4.44. The number of nitrogens with one attached hydrogen (secondary N) is 2. The van der Waals surface area contributed by atoms with Crippen LogP contribution in [-0.2, 0) is 0 Å². The first-order chi connectivity index (χ1) is 7.91. The molecule has 1 atom stereocenters. The Morgan fingerprint density at radius 1 is 1.29 bits per heavy atom. The summed E-state index contributed by atoms with van der Waals surface area (Å²) in [6, 6.07) is 8.24. The summed E-state index contributed by atoms with van der Waals surface area (Å²) < 4.78 is 36.4. The molecule has 1 amide bonds. The van der Waals surface area contributed by atoms with Crippen LogP contribution in [0.2, 0.25) is 0 Å². The fourth-order valence-corrected chi connectivity index (χ4v) is 1.06. The molecule has 1 rings (SSSR count). The zero-order valence-electron chi connectivity index (χ0n) is 9.21. The van der Waals surface area contributed by atoms with E-state index in [1.54, 1.807) is 30.3 Å². The molecule has 2 N–H and O–H groups in total. The standard InChI is InChI=1S/C11H13F3N2O/c1-8(11(12,13)14)7-15-16-10(17)9-5-3-2-4-6-9/h2-6,8,15H,7H2,1H3,(H,16,17). The van der Waals surface area contributed by atoms with Gasteiger partial charge in [0, 0.05) is 12.1 Å². The molecule has 3 nitrogen and oxygen atoms in total. The zero-order valence-corrected chi connectivity index (χ0v) is 9.21. The maximum Gasteiger partial charge on any atom is 0.392 e. The van der Waals surface area contributed by atoms with Crippen LogP contribution in [-0.4, -0.2) is 18.6 Å². The van der Waals surface area contributed by atoms with Crippen LogP contribution in [0.3, 0.4) is 0 Å². The molecule has 1 aromatic carbocycles. The van der Waals surface area contributed by atoms with Crippen molar-refractivity contribution < 1.29 is 18.0 Å². The summed E-state index contributed by atoms with van der Waals surface area (Å²) in [5.41, 5.74) is 4.87. The zero-order chi connectivity index (χ0) is 12.9. The highest BCUT2D eigenvalue weighted by Crippen LogP contribution is 2.24. The van der Waals surface area contributed by atoms with Gasteiger partial charge in [0.15, 0.2) is 0 Å². The number of halogens is 3. The van der Waals surface area contributed by atoms with Crippen molar-refractivity contribution in [1.29, 1.82) is 0 Å². The highest BCUT2D eigenvalue weighted by atomic mass is 19.4. The maximum atomic E-state index is 12.1. The van der Waals surface area contributed by atoms with Crippen LogP contribution in [0, 0.1) is 5.92 Å². The monoisotopic (exact) mass is 246 g/mol. The fraction of sp³-hybridized carbons (Fsp3) is 0.364. The van der Waals surface area contributed by atoms with Gasteiger partial charge in [0.05, 0.1) is 5.92 Å². The molecule has 1 aromatic rings. The second-order valence-corrected chi connectivity index (χ2v) is 3.64. The Labute approximate surface area is 97.0 Å². The number of alkyl halides is 3. The van der Waals surface area contributed by atoms with Crippen molar-refractivity contribution in [2.45, 2.75) is 13.1 Å². The van der Waals surface area contributed by atoms with Crippen LogP contribution in [0.5, 0.6) is 0 Å². The lowest BCUT2D eigenvalue weighted by atomic mass is 10.2. The number of hydrogen-bond donors (Lipinski definition) is 2. The Kier molecular flexibility index (Phi) is 4.51. The van der Waals surface area contributed by atoms with Crippen LogP contribution in [0.4, 0.5) is 13.2 Å². The largest absolute Gasteiger partial charge is 0.392 e. The molecule has 0 spiro atoms. The van der Waals surface area contributed by atoms with Crippen LogP contribution in [0.1, 0.15) is 17.3 Å². The first-order valence-corrected chi connectivity index (χ1v) is 5.06. The minimum atomic E-state index is -4.26. The molecule has 0 saturated carbocycles. The van der Waals surface area contributed by atoms with Crippen molar-refractivity contribution in [1.82, 2.24) is 10.9 Å². The summed E-state index contributed by atoms with van der Waals surface area (Å²) in [4.78, 5) is 11.4. The predicted octanol–water partition coefficient (Wildman–Crippen LogP) is 2.12. The molecule has 0 bridgehead atoms. The van der Waals surface area contributed by atoms with E-state index < -0.39 is 18.0 Å². The van der Waals surface area contributed by atoms with Gasteiger partial charge in [-0.05, 0) is 12.1 Å². The molecule has 0 aromatic heterocycles. The Bertz CT molecular complexity index is 365. The van der Waals surface area contributed by atoms with Crippen molar-refractivity contribution in [3.63, 3.8) is 0 Å². The first-order valence-electron chi connectivity index (χ1n) is 5.06. The lowest BCUT2D eigenvalue weighted by Gasteiger charge is -2.16. The number of carbonyl (C=O) groups excluding carboxylic acids is 1. The van der Waals surface area contributed by atoms with E-state index in [-0.39, 0.29) is 6.54 Å². The minimum Gasteiger partial charge on any atom is -0.287 e. The van der Waals surface area contributed by atoms with Gasteiger partial charge in [-0.3, -0.25) is 10.2 Å². The number of carbonyl (C=O) groups is 1. The number of amides is 1. The van der Waals surface area contributed by atoms with Crippen LogP contribution in [0.15, 0.2) is 30.3 Å². The normalized spacial score (nSPS) is 13.2. The second-order valence-electron chi connectivity index (χ2n) is 3.64. The summed E-state index contributed by atoms with van der Waals surface area (Å²) in [6.45, 7) is 0.684. The third-order valence-electron chi connectivity index (χ3n) is 2.20. The lowest BCUT2D eigenvalue weighted by molar-refractivity contribution is -0.168. The molecule has 1 unspecified atom stereocenters.